The van der Waals surface area contributed by atoms with Crippen LogP contribution in [-0.2, 0) is 6.42 Å². The Bertz CT molecular complexity index is 661. The van der Waals surface area contributed by atoms with E-state index in [4.69, 9.17) is 11.5 Å². The molecule has 108 valence electrons. The topological polar surface area (TPSA) is 82.0 Å². The highest BCUT2D eigenvalue weighted by atomic mass is 32.1. The molecule has 1 amide bonds. The molecule has 0 saturated heterocycles. The SMILES string of the molecule is CCCCCc1c(C)nc2sc(C(N)=O)c(N)c2c1C. The molecule has 0 aliphatic carbocycles. The molecule has 5 heteroatoms. The molecule has 2 heterocycles. The summed E-state index contributed by atoms with van der Waals surface area (Å²) in [5.74, 6) is -0.477. The summed E-state index contributed by atoms with van der Waals surface area (Å²) in [6, 6.07) is 0. The van der Waals surface area contributed by atoms with E-state index in [1.54, 1.807) is 0 Å². The van der Waals surface area contributed by atoms with Gasteiger partial charge in [-0.15, -0.1) is 11.3 Å². The minimum atomic E-state index is -0.477. The lowest BCUT2D eigenvalue weighted by Crippen LogP contribution is -2.10. The molecule has 0 radical (unpaired) electrons. The molecule has 0 spiro atoms. The Labute approximate surface area is 123 Å². The molecule has 4 nitrogen and oxygen atoms in total. The summed E-state index contributed by atoms with van der Waals surface area (Å²) < 4.78 is 0. The van der Waals surface area contributed by atoms with E-state index < -0.39 is 5.91 Å². The highest BCUT2D eigenvalue weighted by Gasteiger charge is 2.19. The van der Waals surface area contributed by atoms with Crippen molar-refractivity contribution >= 4 is 33.1 Å². The van der Waals surface area contributed by atoms with Gasteiger partial charge in [0.1, 0.15) is 9.71 Å². The van der Waals surface area contributed by atoms with Crippen molar-refractivity contribution in [2.24, 2.45) is 5.73 Å². The predicted octanol–water partition coefficient (Wildman–Crippen LogP) is 3.33. The standard InChI is InChI=1S/C15H21N3OS/c1-4-5-6-7-10-8(2)11-12(16)13(14(17)19)20-15(11)18-9(10)3/h4-7,16H2,1-3H3,(H2,17,19). The summed E-state index contributed by atoms with van der Waals surface area (Å²) in [5, 5.41) is 0.904. The molecule has 2 aromatic heterocycles. The number of carbonyl (C=O) groups is 1. The molecular formula is C15H21N3OS. The van der Waals surface area contributed by atoms with Gasteiger partial charge >= 0.3 is 0 Å². The number of rotatable bonds is 5. The summed E-state index contributed by atoms with van der Waals surface area (Å²) in [7, 11) is 0. The number of thiophene rings is 1. The maximum absolute atomic E-state index is 11.4. The van der Waals surface area contributed by atoms with Crippen LogP contribution >= 0.6 is 11.3 Å². The monoisotopic (exact) mass is 291 g/mol. The van der Waals surface area contributed by atoms with E-state index in [9.17, 15) is 4.79 Å². The van der Waals surface area contributed by atoms with Crippen molar-refractivity contribution < 1.29 is 4.79 Å². The number of primary amides is 1. The second-order valence-electron chi connectivity index (χ2n) is 5.15. The Balaban J connectivity index is 2.56. The van der Waals surface area contributed by atoms with Crippen LogP contribution in [0.1, 0.15) is 52.7 Å². The molecule has 4 N–H and O–H groups in total. The fraction of sp³-hybridized carbons (Fsp3) is 0.467. The number of nitrogens with two attached hydrogens (primary N) is 2. The molecule has 2 rings (SSSR count). The largest absolute Gasteiger partial charge is 0.397 e. The van der Waals surface area contributed by atoms with Crippen molar-refractivity contribution in [2.45, 2.75) is 46.5 Å². The van der Waals surface area contributed by atoms with Crippen LogP contribution in [0.4, 0.5) is 5.69 Å². The Morgan fingerprint density at radius 2 is 2.00 bits per heavy atom. The molecule has 0 aliphatic rings. The van der Waals surface area contributed by atoms with Crippen LogP contribution in [-0.4, -0.2) is 10.9 Å². The second-order valence-corrected chi connectivity index (χ2v) is 6.15. The number of hydrogen-bond acceptors (Lipinski definition) is 4. The Morgan fingerprint density at radius 3 is 2.60 bits per heavy atom. The molecule has 20 heavy (non-hydrogen) atoms. The maximum Gasteiger partial charge on any atom is 0.260 e. The Hall–Kier alpha value is -1.62. The summed E-state index contributed by atoms with van der Waals surface area (Å²) in [6.45, 7) is 6.27. The van der Waals surface area contributed by atoms with Crippen LogP contribution < -0.4 is 11.5 Å². The predicted molar refractivity (Wildman–Crippen MR) is 85.3 cm³/mol. The molecule has 0 atom stereocenters. The number of unbranched alkanes of at least 4 members (excludes halogenated alkanes) is 2. The number of aryl methyl sites for hydroxylation is 2. The van der Waals surface area contributed by atoms with E-state index in [2.05, 4.69) is 18.8 Å². The van der Waals surface area contributed by atoms with Crippen LogP contribution in [0.25, 0.3) is 10.2 Å². The van der Waals surface area contributed by atoms with Gasteiger partial charge in [0.25, 0.3) is 5.91 Å². The molecule has 2 aromatic rings. The highest BCUT2D eigenvalue weighted by molar-refractivity contribution is 7.21. The van der Waals surface area contributed by atoms with E-state index >= 15 is 0 Å². The lowest BCUT2D eigenvalue weighted by atomic mass is 9.98. The first-order valence-electron chi connectivity index (χ1n) is 6.95. The van der Waals surface area contributed by atoms with E-state index in [1.165, 1.54) is 29.7 Å². The second kappa shape index (κ2) is 5.79. The third-order valence-corrected chi connectivity index (χ3v) is 4.83. The average molecular weight is 291 g/mol. The minimum absolute atomic E-state index is 0.417. The van der Waals surface area contributed by atoms with E-state index in [0.29, 0.717) is 10.6 Å². The van der Waals surface area contributed by atoms with Gasteiger partial charge in [0.05, 0.1) is 5.69 Å². The van der Waals surface area contributed by atoms with Gasteiger partial charge in [-0.1, -0.05) is 19.8 Å². The van der Waals surface area contributed by atoms with Crippen molar-refractivity contribution in [3.05, 3.63) is 21.7 Å². The average Bonchev–Trinajstić information content (AvgIpc) is 2.70. The third kappa shape index (κ3) is 2.50. The zero-order valence-corrected chi connectivity index (χ0v) is 13.1. The van der Waals surface area contributed by atoms with E-state index in [1.807, 2.05) is 6.92 Å². The fourth-order valence-electron chi connectivity index (χ4n) is 2.62. The van der Waals surface area contributed by atoms with Crippen LogP contribution in [0, 0.1) is 13.8 Å². The third-order valence-electron chi connectivity index (χ3n) is 3.71. The number of amides is 1. The van der Waals surface area contributed by atoms with Crippen LogP contribution in [0.5, 0.6) is 0 Å². The molecule has 0 aliphatic heterocycles. The van der Waals surface area contributed by atoms with Gasteiger partial charge in [0.15, 0.2) is 0 Å². The first-order valence-corrected chi connectivity index (χ1v) is 7.76. The normalized spacial score (nSPS) is 11.2. The zero-order chi connectivity index (χ0) is 14.9. The van der Waals surface area contributed by atoms with Crippen molar-refractivity contribution in [3.8, 4) is 0 Å². The summed E-state index contributed by atoms with van der Waals surface area (Å²) in [4.78, 5) is 17.2. The van der Waals surface area contributed by atoms with Crippen molar-refractivity contribution in [1.29, 1.82) is 0 Å². The number of aromatic nitrogens is 1. The van der Waals surface area contributed by atoms with Crippen molar-refractivity contribution in [1.82, 2.24) is 4.98 Å². The van der Waals surface area contributed by atoms with Gasteiger partial charge < -0.3 is 11.5 Å². The molecule has 0 saturated carbocycles. The van der Waals surface area contributed by atoms with Crippen LogP contribution in [0.15, 0.2) is 0 Å². The van der Waals surface area contributed by atoms with Gasteiger partial charge in [-0.3, -0.25) is 4.79 Å². The van der Waals surface area contributed by atoms with Crippen LogP contribution in [0.2, 0.25) is 0 Å². The Kier molecular flexibility index (Phi) is 4.28. The quantitative estimate of drug-likeness (QED) is 0.829. The number of pyridine rings is 1. The highest BCUT2D eigenvalue weighted by Crippen LogP contribution is 2.36. The summed E-state index contributed by atoms with van der Waals surface area (Å²) in [6.07, 6.45) is 4.57. The summed E-state index contributed by atoms with van der Waals surface area (Å²) >= 11 is 1.29. The lowest BCUT2D eigenvalue weighted by molar-refractivity contribution is 0.100. The van der Waals surface area contributed by atoms with Crippen molar-refractivity contribution in [3.63, 3.8) is 0 Å². The van der Waals surface area contributed by atoms with Gasteiger partial charge in [0, 0.05) is 11.1 Å². The first kappa shape index (κ1) is 14.8. The van der Waals surface area contributed by atoms with Crippen molar-refractivity contribution in [2.75, 3.05) is 5.73 Å². The summed E-state index contributed by atoms with van der Waals surface area (Å²) in [5.41, 5.74) is 15.4. The van der Waals surface area contributed by atoms with Gasteiger partial charge in [0.2, 0.25) is 0 Å². The molecule has 0 fully saturated rings. The number of fused-ring (bicyclic) bond motifs is 1. The lowest BCUT2D eigenvalue weighted by Gasteiger charge is -2.10. The molecular weight excluding hydrogens is 270 g/mol. The fourth-order valence-corrected chi connectivity index (χ4v) is 3.67. The van der Waals surface area contributed by atoms with E-state index in [0.717, 1.165) is 34.3 Å². The molecule has 0 bridgehead atoms. The number of nitrogen functional groups attached to an aromatic ring is 1. The number of nitrogens with zero attached hydrogens (tertiary/aromatic N) is 1. The zero-order valence-electron chi connectivity index (χ0n) is 12.2. The minimum Gasteiger partial charge on any atom is -0.397 e. The smallest absolute Gasteiger partial charge is 0.260 e. The molecule has 0 aromatic carbocycles. The molecule has 0 unspecified atom stereocenters. The first-order chi connectivity index (χ1) is 9.47. The maximum atomic E-state index is 11.4. The van der Waals surface area contributed by atoms with Gasteiger partial charge in [-0.2, -0.15) is 0 Å². The van der Waals surface area contributed by atoms with E-state index in [-0.39, 0.29) is 0 Å². The van der Waals surface area contributed by atoms with Gasteiger partial charge in [-0.25, -0.2) is 4.98 Å². The Morgan fingerprint density at radius 1 is 1.30 bits per heavy atom. The number of hydrogen-bond donors (Lipinski definition) is 2. The number of anilines is 1. The van der Waals surface area contributed by atoms with Gasteiger partial charge in [-0.05, 0) is 37.8 Å². The van der Waals surface area contributed by atoms with Crippen LogP contribution in [0.3, 0.4) is 0 Å². The number of carbonyl (C=O) groups excluding carboxylic acids is 1.